The number of nitrogens with zero attached hydrogens (tertiary/aromatic N) is 2. The summed E-state index contributed by atoms with van der Waals surface area (Å²) in [4.78, 5) is 12.4. The van der Waals surface area contributed by atoms with Crippen LogP contribution in [0.5, 0.6) is 0 Å². The first-order valence-corrected chi connectivity index (χ1v) is 6.84. The molecule has 2 aromatic rings. The second kappa shape index (κ2) is 5.13. The van der Waals surface area contributed by atoms with E-state index in [1.54, 1.807) is 0 Å². The normalized spacial score (nSPS) is 11.5. The quantitative estimate of drug-likeness (QED) is 0.743. The Morgan fingerprint density at radius 3 is 2.45 bits per heavy atom. The predicted octanol–water partition coefficient (Wildman–Crippen LogP) is 3.38. The van der Waals surface area contributed by atoms with Crippen LogP contribution in [0.2, 0.25) is 0 Å². The molecule has 1 aromatic heterocycles. The number of hydrogen-bond acceptors (Lipinski definition) is 2. The molecule has 20 heavy (non-hydrogen) atoms. The SMILES string of the molecule is CC(C)n1nc(C#CC(C)(C)C)c(=O)c2ccccc21. The number of fused-ring (bicyclic) bond motifs is 1. The van der Waals surface area contributed by atoms with Gasteiger partial charge >= 0.3 is 0 Å². The highest BCUT2D eigenvalue weighted by molar-refractivity contribution is 5.79. The third-order valence-corrected chi connectivity index (χ3v) is 2.86. The first kappa shape index (κ1) is 14.3. The summed E-state index contributed by atoms with van der Waals surface area (Å²) >= 11 is 0. The van der Waals surface area contributed by atoms with Gasteiger partial charge in [0.1, 0.15) is 0 Å². The molecule has 0 saturated carbocycles. The molecule has 0 amide bonds. The summed E-state index contributed by atoms with van der Waals surface area (Å²) in [7, 11) is 0. The van der Waals surface area contributed by atoms with Gasteiger partial charge in [-0.25, -0.2) is 0 Å². The standard InChI is InChI=1S/C17H20N2O/c1-12(2)19-15-9-7-6-8-13(15)16(20)14(18-19)10-11-17(3,4)5/h6-9,12H,1-5H3. The molecule has 0 fully saturated rings. The molecule has 0 aliphatic heterocycles. The topological polar surface area (TPSA) is 34.9 Å². The van der Waals surface area contributed by atoms with Gasteiger partial charge < -0.3 is 0 Å². The Kier molecular flexibility index (Phi) is 3.67. The van der Waals surface area contributed by atoms with Crippen LogP contribution in [0.25, 0.3) is 10.9 Å². The van der Waals surface area contributed by atoms with Gasteiger partial charge in [0.15, 0.2) is 5.69 Å². The van der Waals surface area contributed by atoms with Gasteiger partial charge in [-0.2, -0.15) is 5.10 Å². The summed E-state index contributed by atoms with van der Waals surface area (Å²) in [6, 6.07) is 7.72. The lowest BCUT2D eigenvalue weighted by Gasteiger charge is -2.13. The number of rotatable bonds is 1. The van der Waals surface area contributed by atoms with Crippen molar-refractivity contribution in [2.24, 2.45) is 5.41 Å². The Bertz CT molecular complexity index is 752. The summed E-state index contributed by atoms with van der Waals surface area (Å²) < 4.78 is 1.86. The van der Waals surface area contributed by atoms with Gasteiger partial charge in [0.25, 0.3) is 0 Å². The second-order valence-electron chi connectivity index (χ2n) is 6.23. The Morgan fingerprint density at radius 2 is 1.85 bits per heavy atom. The van der Waals surface area contributed by atoms with Crippen molar-refractivity contribution >= 4 is 10.9 Å². The molecule has 0 bridgehead atoms. The van der Waals surface area contributed by atoms with E-state index in [0.29, 0.717) is 11.1 Å². The Morgan fingerprint density at radius 1 is 1.20 bits per heavy atom. The zero-order chi connectivity index (χ0) is 14.9. The van der Waals surface area contributed by atoms with Crippen molar-refractivity contribution < 1.29 is 0 Å². The van der Waals surface area contributed by atoms with Crippen molar-refractivity contribution in [2.45, 2.75) is 40.7 Å². The molecule has 3 heteroatoms. The lowest BCUT2D eigenvalue weighted by Crippen LogP contribution is -2.19. The van der Waals surface area contributed by atoms with Crippen LogP contribution in [0.3, 0.4) is 0 Å². The smallest absolute Gasteiger partial charge is 0.223 e. The van der Waals surface area contributed by atoms with Crippen LogP contribution in [-0.4, -0.2) is 9.78 Å². The maximum atomic E-state index is 12.4. The molecule has 1 heterocycles. The number of aromatic nitrogens is 2. The van der Waals surface area contributed by atoms with Gasteiger partial charge in [-0.15, -0.1) is 0 Å². The van der Waals surface area contributed by atoms with Gasteiger partial charge in [-0.1, -0.05) is 18.1 Å². The molecular weight excluding hydrogens is 248 g/mol. The van der Waals surface area contributed by atoms with Gasteiger partial charge in [-0.3, -0.25) is 9.48 Å². The largest absolute Gasteiger partial charge is 0.286 e. The third kappa shape index (κ3) is 2.91. The fourth-order valence-corrected chi connectivity index (χ4v) is 1.92. The first-order chi connectivity index (χ1) is 9.29. The molecule has 0 aliphatic rings. The molecule has 3 nitrogen and oxygen atoms in total. The summed E-state index contributed by atoms with van der Waals surface area (Å²) in [5.41, 5.74) is 0.943. The van der Waals surface area contributed by atoms with Crippen LogP contribution in [0.4, 0.5) is 0 Å². The molecule has 0 saturated heterocycles. The Labute approximate surface area is 119 Å². The fourth-order valence-electron chi connectivity index (χ4n) is 1.92. The molecular formula is C17H20N2O. The highest BCUT2D eigenvalue weighted by Gasteiger charge is 2.11. The maximum absolute atomic E-state index is 12.4. The fraction of sp³-hybridized carbons (Fsp3) is 0.412. The minimum atomic E-state index is -0.150. The van der Waals surface area contributed by atoms with Crippen molar-refractivity contribution in [1.29, 1.82) is 0 Å². The van der Waals surface area contributed by atoms with Crippen LogP contribution in [0.1, 0.15) is 46.4 Å². The van der Waals surface area contributed by atoms with E-state index in [4.69, 9.17) is 0 Å². The summed E-state index contributed by atoms with van der Waals surface area (Å²) in [5, 5.41) is 5.11. The van der Waals surface area contributed by atoms with Crippen molar-refractivity contribution in [3.05, 3.63) is 40.2 Å². The molecule has 0 spiro atoms. The highest BCUT2D eigenvalue weighted by Crippen LogP contribution is 2.14. The van der Waals surface area contributed by atoms with E-state index in [1.165, 1.54) is 0 Å². The molecule has 1 aromatic carbocycles. The monoisotopic (exact) mass is 268 g/mol. The van der Waals surface area contributed by atoms with Gasteiger partial charge in [0.05, 0.1) is 10.9 Å². The van der Waals surface area contributed by atoms with E-state index < -0.39 is 0 Å². The van der Waals surface area contributed by atoms with E-state index >= 15 is 0 Å². The second-order valence-corrected chi connectivity index (χ2v) is 6.23. The first-order valence-electron chi connectivity index (χ1n) is 6.84. The summed E-state index contributed by atoms with van der Waals surface area (Å²) in [5.74, 6) is 6.03. The van der Waals surface area contributed by atoms with E-state index in [0.717, 1.165) is 5.52 Å². The lowest BCUT2D eigenvalue weighted by molar-refractivity contribution is 0.538. The number of benzene rings is 1. The molecule has 2 rings (SSSR count). The Hall–Kier alpha value is -2.08. The molecule has 0 radical (unpaired) electrons. The average Bonchev–Trinajstić information content (AvgIpc) is 2.37. The minimum absolute atomic E-state index is 0.0887. The van der Waals surface area contributed by atoms with E-state index in [2.05, 4.69) is 16.9 Å². The number of hydrogen-bond donors (Lipinski definition) is 0. The minimum Gasteiger partial charge on any atom is -0.286 e. The van der Waals surface area contributed by atoms with Crippen LogP contribution in [0, 0.1) is 17.3 Å². The summed E-state index contributed by atoms with van der Waals surface area (Å²) in [6.45, 7) is 10.1. The number of para-hydroxylation sites is 1. The van der Waals surface area contributed by atoms with Gasteiger partial charge in [0.2, 0.25) is 5.43 Å². The highest BCUT2D eigenvalue weighted by atomic mass is 16.1. The van der Waals surface area contributed by atoms with E-state index in [-0.39, 0.29) is 16.9 Å². The van der Waals surface area contributed by atoms with Gasteiger partial charge in [-0.05, 0) is 52.7 Å². The van der Waals surface area contributed by atoms with Crippen molar-refractivity contribution in [3.63, 3.8) is 0 Å². The van der Waals surface area contributed by atoms with Crippen molar-refractivity contribution in [2.75, 3.05) is 0 Å². The van der Waals surface area contributed by atoms with Crippen molar-refractivity contribution in [1.82, 2.24) is 9.78 Å². The lowest BCUT2D eigenvalue weighted by atomic mass is 9.98. The molecule has 104 valence electrons. The van der Waals surface area contributed by atoms with Crippen molar-refractivity contribution in [3.8, 4) is 11.8 Å². The zero-order valence-electron chi connectivity index (χ0n) is 12.7. The third-order valence-electron chi connectivity index (χ3n) is 2.86. The predicted molar refractivity (Wildman–Crippen MR) is 82.7 cm³/mol. The maximum Gasteiger partial charge on any atom is 0.223 e. The van der Waals surface area contributed by atoms with E-state index in [9.17, 15) is 4.79 Å². The summed E-state index contributed by atoms with van der Waals surface area (Å²) in [6.07, 6.45) is 0. The molecule has 0 atom stereocenters. The Balaban J connectivity index is 2.77. The van der Waals surface area contributed by atoms with Crippen LogP contribution < -0.4 is 5.43 Å². The van der Waals surface area contributed by atoms with Crippen LogP contribution >= 0.6 is 0 Å². The molecule has 0 N–H and O–H groups in total. The van der Waals surface area contributed by atoms with Gasteiger partial charge in [0, 0.05) is 11.5 Å². The van der Waals surface area contributed by atoms with Crippen LogP contribution in [0.15, 0.2) is 29.1 Å². The van der Waals surface area contributed by atoms with E-state index in [1.807, 2.05) is 63.6 Å². The zero-order valence-corrected chi connectivity index (χ0v) is 12.7. The molecule has 0 unspecified atom stereocenters. The average molecular weight is 268 g/mol. The molecule has 0 aliphatic carbocycles. The van der Waals surface area contributed by atoms with Crippen LogP contribution in [-0.2, 0) is 0 Å².